The van der Waals surface area contributed by atoms with Crippen LogP contribution in [0.5, 0.6) is 5.75 Å². The van der Waals surface area contributed by atoms with E-state index in [4.69, 9.17) is 9.84 Å². The fraction of sp³-hybridized carbons (Fsp3) is 0.500. The van der Waals surface area contributed by atoms with E-state index >= 15 is 0 Å². The zero-order chi connectivity index (χ0) is 36.9. The fourth-order valence-corrected chi connectivity index (χ4v) is 6.01. The molecular formula is C34H37F9N4O3. The predicted octanol–water partition coefficient (Wildman–Crippen LogP) is 9.56. The second-order valence-electron chi connectivity index (χ2n) is 12.2. The molecule has 16 heteroatoms. The molecule has 1 N–H and O–H groups in total. The molecule has 0 saturated heterocycles. The van der Waals surface area contributed by atoms with Gasteiger partial charge in [-0.2, -0.15) is 39.5 Å². The summed E-state index contributed by atoms with van der Waals surface area (Å²) in [5.41, 5.74) is -3.95. The number of carboxylic acids is 1. The molecular weight excluding hydrogens is 683 g/mol. The van der Waals surface area contributed by atoms with Crippen LogP contribution < -0.4 is 14.5 Å². The van der Waals surface area contributed by atoms with Gasteiger partial charge in [-0.3, -0.25) is 4.79 Å². The Hall–Kier alpha value is -4.24. The Morgan fingerprint density at radius 1 is 0.900 bits per heavy atom. The lowest BCUT2D eigenvalue weighted by Crippen LogP contribution is -2.32. The maximum Gasteiger partial charge on any atom is 0.416 e. The maximum atomic E-state index is 14.0. The maximum absolute atomic E-state index is 14.0. The van der Waals surface area contributed by atoms with Gasteiger partial charge in [0, 0.05) is 31.7 Å². The summed E-state index contributed by atoms with van der Waals surface area (Å²) in [6.45, 7) is 3.71. The minimum Gasteiger partial charge on any atom is -0.490 e. The quantitative estimate of drug-likeness (QED) is 0.131. The molecule has 1 aliphatic rings. The molecule has 4 rings (SSSR count). The molecule has 1 unspecified atom stereocenters. The minimum atomic E-state index is -5.13. The Kier molecular flexibility index (Phi) is 12.1. The van der Waals surface area contributed by atoms with Crippen LogP contribution in [-0.4, -0.2) is 40.7 Å². The molecule has 0 spiro atoms. The number of hydrogen-bond acceptors (Lipinski definition) is 6. The number of carboxylic acid groups (broad SMARTS) is 1. The second kappa shape index (κ2) is 15.8. The first kappa shape index (κ1) is 38.6. The van der Waals surface area contributed by atoms with E-state index in [0.717, 1.165) is 37.8 Å². The third-order valence-electron chi connectivity index (χ3n) is 8.66. The number of rotatable bonds is 14. The van der Waals surface area contributed by atoms with Crippen molar-refractivity contribution in [1.29, 1.82) is 0 Å². The van der Waals surface area contributed by atoms with Gasteiger partial charge in [0.2, 0.25) is 5.95 Å². The summed E-state index contributed by atoms with van der Waals surface area (Å²) in [5, 5.41) is 8.82. The summed E-state index contributed by atoms with van der Waals surface area (Å²) < 4.78 is 130. The topological polar surface area (TPSA) is 78.8 Å². The summed E-state index contributed by atoms with van der Waals surface area (Å²) in [6, 6.07) is 3.03. The van der Waals surface area contributed by atoms with Crippen molar-refractivity contribution in [2.75, 3.05) is 29.5 Å². The molecule has 1 aromatic heterocycles. The second-order valence-corrected chi connectivity index (χ2v) is 12.2. The lowest BCUT2D eigenvalue weighted by Gasteiger charge is -2.34. The number of carbonyl (C=O) groups is 1. The van der Waals surface area contributed by atoms with Gasteiger partial charge < -0.3 is 19.6 Å². The van der Waals surface area contributed by atoms with Gasteiger partial charge in [0.1, 0.15) is 0 Å². The molecule has 50 heavy (non-hydrogen) atoms. The SMILES string of the molecule is CCN(CC1CCCC1)c1ccc(C(F)(F)F)cc1CN(c1ncc(OCCCC(=O)O)cn1)C(C)c1cc(C(F)(F)F)cc(C(F)(F)F)c1. The number of hydrogen-bond donors (Lipinski definition) is 1. The highest BCUT2D eigenvalue weighted by Crippen LogP contribution is 2.40. The standard InChI is InChI=1S/C34H37F9N4O3/c1-3-46(19-22-7-4-5-8-22)29-11-10-25(32(35,36)37)15-24(29)20-47(31-44-17-28(18-45-31)50-12-6-9-30(48)49)21(2)23-13-26(33(38,39)40)16-27(14-23)34(41,42)43/h10-11,13-18,21-22H,3-9,12,19-20H2,1-2H3,(H,48,49). The molecule has 0 amide bonds. The van der Waals surface area contributed by atoms with E-state index in [2.05, 4.69) is 9.97 Å². The molecule has 3 aromatic rings. The van der Waals surface area contributed by atoms with Gasteiger partial charge in [0.05, 0.1) is 41.7 Å². The van der Waals surface area contributed by atoms with Crippen LogP contribution in [-0.2, 0) is 29.9 Å². The van der Waals surface area contributed by atoms with Crippen molar-refractivity contribution in [3.05, 3.63) is 76.6 Å². The summed E-state index contributed by atoms with van der Waals surface area (Å²) in [6.07, 6.45) is -8.70. The van der Waals surface area contributed by atoms with Crippen LogP contribution in [0.15, 0.2) is 48.8 Å². The minimum absolute atomic E-state index is 0.000602. The zero-order valence-electron chi connectivity index (χ0n) is 27.3. The Labute approximate surface area is 283 Å². The Bertz CT molecular complexity index is 1560. The number of nitrogens with zero attached hydrogens (tertiary/aromatic N) is 4. The molecule has 2 aromatic carbocycles. The number of benzene rings is 2. The highest BCUT2D eigenvalue weighted by atomic mass is 19.4. The zero-order valence-corrected chi connectivity index (χ0v) is 27.3. The molecule has 1 heterocycles. The normalized spacial score (nSPS) is 14.9. The first-order chi connectivity index (χ1) is 23.4. The highest BCUT2D eigenvalue weighted by Gasteiger charge is 2.38. The predicted molar refractivity (Wildman–Crippen MR) is 167 cm³/mol. The number of aromatic nitrogens is 2. The molecule has 0 aliphatic heterocycles. The Morgan fingerprint density at radius 3 is 2.00 bits per heavy atom. The van der Waals surface area contributed by atoms with E-state index in [9.17, 15) is 44.3 Å². The van der Waals surface area contributed by atoms with Crippen molar-refractivity contribution < 1.29 is 54.2 Å². The van der Waals surface area contributed by atoms with Crippen molar-refractivity contribution in [3.63, 3.8) is 0 Å². The summed E-state index contributed by atoms with van der Waals surface area (Å²) >= 11 is 0. The Morgan fingerprint density at radius 2 is 1.48 bits per heavy atom. The van der Waals surface area contributed by atoms with Gasteiger partial charge in [-0.05, 0) is 86.6 Å². The van der Waals surface area contributed by atoms with Gasteiger partial charge >= 0.3 is 24.5 Å². The molecule has 0 radical (unpaired) electrons. The van der Waals surface area contributed by atoms with Crippen LogP contribution in [0.4, 0.5) is 51.1 Å². The van der Waals surface area contributed by atoms with Crippen molar-refractivity contribution in [1.82, 2.24) is 9.97 Å². The van der Waals surface area contributed by atoms with Crippen molar-refractivity contribution in [2.24, 2.45) is 5.92 Å². The van der Waals surface area contributed by atoms with Crippen LogP contribution in [0.1, 0.15) is 86.2 Å². The van der Waals surface area contributed by atoms with Crippen molar-refractivity contribution >= 4 is 17.6 Å². The number of anilines is 2. The van der Waals surface area contributed by atoms with E-state index < -0.39 is 59.3 Å². The lowest BCUT2D eigenvalue weighted by atomic mass is 9.98. The average molecular weight is 721 g/mol. The first-order valence-corrected chi connectivity index (χ1v) is 16.0. The van der Waals surface area contributed by atoms with Crippen LogP contribution in [0.3, 0.4) is 0 Å². The molecule has 7 nitrogen and oxygen atoms in total. The monoisotopic (exact) mass is 720 g/mol. The van der Waals surface area contributed by atoms with E-state index in [0.29, 0.717) is 36.8 Å². The van der Waals surface area contributed by atoms with Gasteiger partial charge in [-0.15, -0.1) is 0 Å². The molecule has 1 saturated carbocycles. The lowest BCUT2D eigenvalue weighted by molar-refractivity contribution is -0.143. The third-order valence-corrected chi connectivity index (χ3v) is 8.66. The smallest absolute Gasteiger partial charge is 0.416 e. The van der Waals surface area contributed by atoms with Crippen LogP contribution in [0, 0.1) is 5.92 Å². The first-order valence-electron chi connectivity index (χ1n) is 16.0. The van der Waals surface area contributed by atoms with Crippen molar-refractivity contribution in [3.8, 4) is 5.75 Å². The highest BCUT2D eigenvalue weighted by molar-refractivity contribution is 5.66. The van der Waals surface area contributed by atoms with Crippen LogP contribution in [0.25, 0.3) is 0 Å². The van der Waals surface area contributed by atoms with E-state index in [1.807, 2.05) is 11.8 Å². The average Bonchev–Trinajstić information content (AvgIpc) is 3.56. The third kappa shape index (κ3) is 10.2. The summed E-state index contributed by atoms with van der Waals surface area (Å²) in [7, 11) is 0. The molecule has 274 valence electrons. The summed E-state index contributed by atoms with van der Waals surface area (Å²) in [5.74, 6) is -0.841. The number of aliphatic carboxylic acids is 1. The summed E-state index contributed by atoms with van der Waals surface area (Å²) in [4.78, 5) is 22.4. The van der Waals surface area contributed by atoms with E-state index in [1.54, 1.807) is 0 Å². The number of halogens is 9. The van der Waals surface area contributed by atoms with Crippen LogP contribution in [0.2, 0.25) is 0 Å². The molecule has 1 fully saturated rings. The molecule has 1 aliphatic carbocycles. The van der Waals surface area contributed by atoms with Crippen LogP contribution >= 0.6 is 0 Å². The Balaban J connectivity index is 1.82. The number of alkyl halides is 9. The van der Waals surface area contributed by atoms with Gasteiger partial charge in [0.15, 0.2) is 5.75 Å². The van der Waals surface area contributed by atoms with E-state index in [-0.39, 0.29) is 42.8 Å². The van der Waals surface area contributed by atoms with Gasteiger partial charge in [-0.25, -0.2) is 9.97 Å². The molecule has 1 atom stereocenters. The van der Waals surface area contributed by atoms with Crippen molar-refractivity contribution in [2.45, 2.75) is 83.5 Å². The van der Waals surface area contributed by atoms with Gasteiger partial charge in [0.25, 0.3) is 0 Å². The van der Waals surface area contributed by atoms with Gasteiger partial charge in [-0.1, -0.05) is 12.8 Å². The fourth-order valence-electron chi connectivity index (χ4n) is 6.01. The van der Waals surface area contributed by atoms with E-state index in [1.165, 1.54) is 30.3 Å². The largest absolute Gasteiger partial charge is 0.490 e. The number of ether oxygens (including phenoxy) is 1. The molecule has 0 bridgehead atoms.